The second-order valence-corrected chi connectivity index (χ2v) is 7.26. The van der Waals surface area contributed by atoms with Gasteiger partial charge < -0.3 is 5.73 Å². The average molecular weight is 279 g/mol. The lowest BCUT2D eigenvalue weighted by atomic mass is 9.99. The summed E-state index contributed by atoms with van der Waals surface area (Å²) in [5.41, 5.74) is 7.24. The molecule has 2 saturated heterocycles. The standard InChI is InChI=1S/C15H25N3S/c1-12-13(8-15(9-16)19-12)10-17-6-7-18-5-3-2-4-14(18)11-17/h8,14H,2-7,9-11,16H2,1H3. The van der Waals surface area contributed by atoms with Crippen LogP contribution in [0.4, 0.5) is 0 Å². The lowest BCUT2D eigenvalue weighted by Crippen LogP contribution is -2.54. The van der Waals surface area contributed by atoms with Gasteiger partial charge >= 0.3 is 0 Å². The first kappa shape index (κ1) is 13.6. The van der Waals surface area contributed by atoms with Crippen molar-refractivity contribution in [1.82, 2.24) is 9.80 Å². The fraction of sp³-hybridized carbons (Fsp3) is 0.733. The molecule has 2 aliphatic rings. The van der Waals surface area contributed by atoms with E-state index < -0.39 is 0 Å². The second kappa shape index (κ2) is 5.92. The normalized spacial score (nSPS) is 25.5. The summed E-state index contributed by atoms with van der Waals surface area (Å²) in [6, 6.07) is 3.13. The minimum Gasteiger partial charge on any atom is -0.326 e. The first-order chi connectivity index (χ1) is 9.26. The number of piperidine rings is 1. The van der Waals surface area contributed by atoms with Crippen LogP contribution in [0.2, 0.25) is 0 Å². The van der Waals surface area contributed by atoms with Gasteiger partial charge in [0.1, 0.15) is 0 Å². The number of hydrogen-bond acceptors (Lipinski definition) is 4. The van der Waals surface area contributed by atoms with Crippen molar-refractivity contribution in [3.05, 3.63) is 21.4 Å². The molecule has 2 fully saturated rings. The molecule has 1 unspecified atom stereocenters. The predicted octanol–water partition coefficient (Wildman–Crippen LogP) is 2.19. The van der Waals surface area contributed by atoms with Crippen LogP contribution < -0.4 is 5.73 Å². The highest BCUT2D eigenvalue weighted by Gasteiger charge is 2.28. The molecule has 3 rings (SSSR count). The second-order valence-electron chi connectivity index (χ2n) is 5.92. The van der Waals surface area contributed by atoms with Crippen molar-refractivity contribution in [2.75, 3.05) is 26.2 Å². The number of piperazine rings is 1. The van der Waals surface area contributed by atoms with E-state index in [-0.39, 0.29) is 0 Å². The van der Waals surface area contributed by atoms with Crippen molar-refractivity contribution in [2.45, 2.75) is 45.3 Å². The maximum Gasteiger partial charge on any atom is 0.0274 e. The van der Waals surface area contributed by atoms with Gasteiger partial charge in [0.25, 0.3) is 0 Å². The molecule has 1 aromatic rings. The van der Waals surface area contributed by atoms with E-state index in [9.17, 15) is 0 Å². The Balaban J connectivity index is 1.62. The number of rotatable bonds is 3. The molecule has 2 N–H and O–H groups in total. The van der Waals surface area contributed by atoms with Crippen molar-refractivity contribution >= 4 is 11.3 Å². The molecule has 3 heterocycles. The molecule has 0 radical (unpaired) electrons. The Bertz CT molecular complexity index is 429. The third kappa shape index (κ3) is 3.02. The topological polar surface area (TPSA) is 32.5 Å². The molecule has 0 spiro atoms. The number of nitrogens with zero attached hydrogens (tertiary/aromatic N) is 2. The summed E-state index contributed by atoms with van der Waals surface area (Å²) >= 11 is 1.86. The summed E-state index contributed by atoms with van der Waals surface area (Å²) in [7, 11) is 0. The van der Waals surface area contributed by atoms with Crippen LogP contribution in [-0.4, -0.2) is 42.0 Å². The van der Waals surface area contributed by atoms with Crippen molar-refractivity contribution < 1.29 is 0 Å². The monoisotopic (exact) mass is 279 g/mol. The Kier molecular flexibility index (Phi) is 4.22. The molecule has 4 heteroatoms. The van der Waals surface area contributed by atoms with Gasteiger partial charge in [0.2, 0.25) is 0 Å². The zero-order valence-corrected chi connectivity index (χ0v) is 12.7. The highest BCUT2D eigenvalue weighted by atomic mass is 32.1. The molecular weight excluding hydrogens is 254 g/mol. The van der Waals surface area contributed by atoms with Gasteiger partial charge in [-0.2, -0.15) is 0 Å². The maximum absolute atomic E-state index is 5.74. The van der Waals surface area contributed by atoms with E-state index in [4.69, 9.17) is 5.73 Å². The number of thiophene rings is 1. The number of hydrogen-bond donors (Lipinski definition) is 1. The van der Waals surface area contributed by atoms with Crippen molar-refractivity contribution in [1.29, 1.82) is 0 Å². The van der Waals surface area contributed by atoms with Gasteiger partial charge in [-0.25, -0.2) is 0 Å². The van der Waals surface area contributed by atoms with Gasteiger partial charge in [0, 0.05) is 48.5 Å². The van der Waals surface area contributed by atoms with Crippen LogP contribution in [-0.2, 0) is 13.1 Å². The lowest BCUT2D eigenvalue weighted by Gasteiger charge is -2.44. The van der Waals surface area contributed by atoms with Gasteiger partial charge in [0.05, 0.1) is 0 Å². The average Bonchev–Trinajstić information content (AvgIpc) is 2.79. The van der Waals surface area contributed by atoms with Crippen LogP contribution >= 0.6 is 11.3 Å². The number of aryl methyl sites for hydroxylation is 1. The minimum absolute atomic E-state index is 0.682. The third-order valence-electron chi connectivity index (χ3n) is 4.59. The molecule has 1 atom stereocenters. The zero-order valence-electron chi connectivity index (χ0n) is 11.9. The highest BCUT2D eigenvalue weighted by Crippen LogP contribution is 2.25. The molecule has 106 valence electrons. The predicted molar refractivity (Wildman–Crippen MR) is 81.4 cm³/mol. The van der Waals surface area contributed by atoms with Crippen molar-refractivity contribution in [2.24, 2.45) is 5.73 Å². The van der Waals surface area contributed by atoms with E-state index in [1.807, 2.05) is 11.3 Å². The molecule has 3 nitrogen and oxygen atoms in total. The van der Waals surface area contributed by atoms with Crippen LogP contribution in [0.3, 0.4) is 0 Å². The molecule has 2 aliphatic heterocycles. The summed E-state index contributed by atoms with van der Waals surface area (Å²) in [6.45, 7) is 9.10. The summed E-state index contributed by atoms with van der Waals surface area (Å²) in [5.74, 6) is 0. The van der Waals surface area contributed by atoms with E-state index in [0.29, 0.717) is 6.54 Å². The van der Waals surface area contributed by atoms with E-state index in [1.54, 1.807) is 0 Å². The molecule has 0 aliphatic carbocycles. The fourth-order valence-corrected chi connectivity index (χ4v) is 4.38. The Morgan fingerprint density at radius 1 is 1.32 bits per heavy atom. The fourth-order valence-electron chi connectivity index (χ4n) is 3.45. The van der Waals surface area contributed by atoms with Crippen molar-refractivity contribution in [3.63, 3.8) is 0 Å². The lowest BCUT2D eigenvalue weighted by molar-refractivity contribution is 0.0456. The highest BCUT2D eigenvalue weighted by molar-refractivity contribution is 7.12. The van der Waals surface area contributed by atoms with Gasteiger partial charge in [-0.3, -0.25) is 9.80 Å². The smallest absolute Gasteiger partial charge is 0.0274 e. The Morgan fingerprint density at radius 2 is 2.21 bits per heavy atom. The van der Waals surface area contributed by atoms with E-state index >= 15 is 0 Å². The molecular formula is C15H25N3S. The molecule has 0 bridgehead atoms. The molecule has 19 heavy (non-hydrogen) atoms. The first-order valence-corrected chi connectivity index (χ1v) is 8.32. The van der Waals surface area contributed by atoms with E-state index in [0.717, 1.165) is 12.6 Å². The van der Waals surface area contributed by atoms with Crippen LogP contribution in [0.1, 0.15) is 34.6 Å². The molecule has 1 aromatic heterocycles. The SMILES string of the molecule is Cc1sc(CN)cc1CN1CCN2CCCCC2C1. The van der Waals surface area contributed by atoms with Gasteiger partial charge in [-0.15, -0.1) is 11.3 Å². The maximum atomic E-state index is 5.74. The summed E-state index contributed by atoms with van der Waals surface area (Å²) < 4.78 is 0. The van der Waals surface area contributed by atoms with E-state index in [2.05, 4.69) is 22.8 Å². The first-order valence-electron chi connectivity index (χ1n) is 7.51. The summed E-state index contributed by atoms with van der Waals surface area (Å²) in [4.78, 5) is 8.11. The van der Waals surface area contributed by atoms with Gasteiger partial charge in [-0.1, -0.05) is 6.42 Å². The van der Waals surface area contributed by atoms with Gasteiger partial charge in [0.15, 0.2) is 0 Å². The van der Waals surface area contributed by atoms with Crippen LogP contribution in [0.25, 0.3) is 0 Å². The van der Waals surface area contributed by atoms with Crippen LogP contribution in [0.5, 0.6) is 0 Å². The zero-order chi connectivity index (χ0) is 13.2. The molecule has 0 aromatic carbocycles. The molecule has 0 amide bonds. The number of fused-ring (bicyclic) bond motifs is 1. The summed E-state index contributed by atoms with van der Waals surface area (Å²) in [6.07, 6.45) is 4.22. The third-order valence-corrected chi connectivity index (χ3v) is 5.70. The Morgan fingerprint density at radius 3 is 3.00 bits per heavy atom. The molecule has 0 saturated carbocycles. The van der Waals surface area contributed by atoms with Crippen molar-refractivity contribution in [3.8, 4) is 0 Å². The van der Waals surface area contributed by atoms with Crippen LogP contribution in [0.15, 0.2) is 6.07 Å². The van der Waals surface area contributed by atoms with Gasteiger partial charge in [-0.05, 0) is 37.9 Å². The summed E-state index contributed by atoms with van der Waals surface area (Å²) in [5, 5.41) is 0. The van der Waals surface area contributed by atoms with E-state index in [1.165, 1.54) is 60.8 Å². The Hall–Kier alpha value is -0.420. The Labute approximate surface area is 120 Å². The quantitative estimate of drug-likeness (QED) is 0.920. The number of nitrogens with two attached hydrogens (primary N) is 1. The van der Waals surface area contributed by atoms with Crippen LogP contribution in [0, 0.1) is 6.92 Å². The largest absolute Gasteiger partial charge is 0.326 e. The minimum atomic E-state index is 0.682.